The zero-order chi connectivity index (χ0) is 16.4. The fraction of sp³-hybridized carbons (Fsp3) is 0.462. The van der Waals surface area contributed by atoms with E-state index in [1.54, 1.807) is 18.2 Å². The monoisotopic (exact) mass is 347 g/mol. The normalized spacial score (nSPS) is 19.6. The van der Waals surface area contributed by atoms with Crippen molar-refractivity contribution >= 4 is 25.8 Å². The van der Waals surface area contributed by atoms with Crippen LogP contribution in [-0.2, 0) is 29.4 Å². The fourth-order valence-corrected chi connectivity index (χ4v) is 5.39. The molecule has 122 valence electrons. The average Bonchev–Trinajstić information content (AvgIpc) is 2.66. The van der Waals surface area contributed by atoms with Crippen LogP contribution in [0.1, 0.15) is 24.9 Å². The van der Waals surface area contributed by atoms with E-state index in [2.05, 4.69) is 9.46 Å². The molecular weight excluding hydrogens is 330 g/mol. The van der Waals surface area contributed by atoms with Crippen molar-refractivity contribution in [2.75, 3.05) is 18.1 Å². The molecule has 1 atom stereocenters. The third-order valence-corrected chi connectivity index (χ3v) is 6.48. The van der Waals surface area contributed by atoms with E-state index in [-0.39, 0.29) is 29.4 Å². The molecule has 0 aliphatic carbocycles. The second-order valence-electron chi connectivity index (χ2n) is 5.00. The molecule has 1 N–H and O–H groups in total. The number of fused-ring (bicyclic) bond motifs is 1. The lowest BCUT2D eigenvalue weighted by Crippen LogP contribution is -2.32. The van der Waals surface area contributed by atoms with Crippen molar-refractivity contribution < 1.29 is 26.4 Å². The van der Waals surface area contributed by atoms with Gasteiger partial charge in [-0.25, -0.2) is 21.6 Å². The number of sulfone groups is 1. The van der Waals surface area contributed by atoms with Crippen molar-refractivity contribution in [2.24, 2.45) is 0 Å². The summed E-state index contributed by atoms with van der Waals surface area (Å²) in [5, 5.41) is 0. The summed E-state index contributed by atoms with van der Waals surface area (Å²) in [6.45, 7) is 1.25. The molecule has 2 rings (SSSR count). The van der Waals surface area contributed by atoms with Gasteiger partial charge in [0.2, 0.25) is 10.0 Å². The largest absolute Gasteiger partial charge is 0.466 e. The third kappa shape index (κ3) is 4.05. The maximum absolute atomic E-state index is 12.0. The smallest absolute Gasteiger partial charge is 0.302 e. The van der Waals surface area contributed by atoms with E-state index in [0.29, 0.717) is 5.56 Å². The molecule has 1 heterocycles. The van der Waals surface area contributed by atoms with E-state index in [0.717, 1.165) is 0 Å². The highest BCUT2D eigenvalue weighted by atomic mass is 32.2. The fourth-order valence-electron chi connectivity index (χ4n) is 2.29. The second-order valence-corrected chi connectivity index (χ2v) is 8.88. The number of benzene rings is 1. The summed E-state index contributed by atoms with van der Waals surface area (Å²) in [6, 6.07) is 5.57. The van der Waals surface area contributed by atoms with Crippen LogP contribution < -0.4 is 4.72 Å². The van der Waals surface area contributed by atoms with Crippen molar-refractivity contribution in [3.05, 3.63) is 29.8 Å². The standard InChI is InChI=1S/C13H17NO6S2/c1-10(15)20-7-4-8-22(18,19)14-12-9-21(16,17)13-6-3-2-5-11(12)13/h2-3,5-6,12,14H,4,7-9H2,1H3/t12-/m1/s1. The van der Waals surface area contributed by atoms with Crippen molar-refractivity contribution in [3.63, 3.8) is 0 Å². The highest BCUT2D eigenvalue weighted by Crippen LogP contribution is 2.33. The lowest BCUT2D eigenvalue weighted by molar-refractivity contribution is -0.140. The summed E-state index contributed by atoms with van der Waals surface area (Å²) < 4.78 is 55.1. The Morgan fingerprint density at radius 2 is 2.05 bits per heavy atom. The Bertz CT molecular complexity index is 769. The van der Waals surface area contributed by atoms with Gasteiger partial charge in [-0.15, -0.1) is 0 Å². The van der Waals surface area contributed by atoms with Gasteiger partial charge in [-0.2, -0.15) is 0 Å². The number of hydrogen-bond donors (Lipinski definition) is 1. The Labute approximate surface area is 129 Å². The first-order chi connectivity index (χ1) is 10.2. The maximum Gasteiger partial charge on any atom is 0.302 e. The van der Waals surface area contributed by atoms with Gasteiger partial charge in [-0.3, -0.25) is 4.79 Å². The van der Waals surface area contributed by atoms with Gasteiger partial charge in [-0.1, -0.05) is 18.2 Å². The molecule has 0 fully saturated rings. The molecule has 1 aromatic carbocycles. The van der Waals surface area contributed by atoms with Gasteiger partial charge < -0.3 is 4.74 Å². The quantitative estimate of drug-likeness (QED) is 0.589. The molecule has 0 saturated heterocycles. The van der Waals surface area contributed by atoms with E-state index >= 15 is 0 Å². The summed E-state index contributed by atoms with van der Waals surface area (Å²) in [4.78, 5) is 10.8. The molecule has 9 heteroatoms. The molecule has 0 saturated carbocycles. The molecule has 1 aromatic rings. The van der Waals surface area contributed by atoms with Crippen LogP contribution in [0.15, 0.2) is 29.2 Å². The number of carbonyl (C=O) groups excluding carboxylic acids is 1. The Balaban J connectivity index is 2.04. The minimum atomic E-state index is -3.66. The highest BCUT2D eigenvalue weighted by molar-refractivity contribution is 7.92. The Kier molecular flexibility index (Phi) is 4.88. The van der Waals surface area contributed by atoms with Crippen LogP contribution in [0.25, 0.3) is 0 Å². The zero-order valence-electron chi connectivity index (χ0n) is 12.0. The van der Waals surface area contributed by atoms with Gasteiger partial charge in [0, 0.05) is 6.92 Å². The van der Waals surface area contributed by atoms with Gasteiger partial charge in [0.15, 0.2) is 9.84 Å². The van der Waals surface area contributed by atoms with Crippen molar-refractivity contribution in [1.82, 2.24) is 4.72 Å². The van der Waals surface area contributed by atoms with Crippen LogP contribution in [0, 0.1) is 0 Å². The van der Waals surface area contributed by atoms with E-state index in [9.17, 15) is 21.6 Å². The SMILES string of the molecule is CC(=O)OCCCS(=O)(=O)N[C@@H]1CS(=O)(=O)c2ccccc21. The molecule has 22 heavy (non-hydrogen) atoms. The number of nitrogens with one attached hydrogen (secondary N) is 1. The Morgan fingerprint density at radius 3 is 2.73 bits per heavy atom. The molecule has 0 spiro atoms. The van der Waals surface area contributed by atoms with Crippen LogP contribution in [0.3, 0.4) is 0 Å². The number of rotatable bonds is 6. The predicted octanol–water partition coefficient (Wildman–Crippen LogP) is 0.388. The van der Waals surface area contributed by atoms with Crippen LogP contribution in [0.2, 0.25) is 0 Å². The number of hydrogen-bond acceptors (Lipinski definition) is 6. The molecule has 1 aliphatic heterocycles. The summed E-state index contributed by atoms with van der Waals surface area (Å²) in [5.74, 6) is -0.990. The molecule has 0 radical (unpaired) electrons. The van der Waals surface area contributed by atoms with E-state index < -0.39 is 31.9 Å². The predicted molar refractivity (Wildman–Crippen MR) is 79.4 cm³/mol. The number of esters is 1. The first kappa shape index (κ1) is 16.9. The van der Waals surface area contributed by atoms with Crippen LogP contribution in [-0.4, -0.2) is 40.9 Å². The molecule has 0 aromatic heterocycles. The highest BCUT2D eigenvalue weighted by Gasteiger charge is 2.36. The molecule has 7 nitrogen and oxygen atoms in total. The minimum absolute atomic E-state index is 0.00972. The molecule has 0 amide bonds. The lowest BCUT2D eigenvalue weighted by atomic mass is 10.1. The zero-order valence-corrected chi connectivity index (χ0v) is 13.6. The van der Waals surface area contributed by atoms with Crippen molar-refractivity contribution in [2.45, 2.75) is 24.3 Å². The Hall–Kier alpha value is -1.45. The molecule has 0 unspecified atom stereocenters. The van der Waals surface area contributed by atoms with Crippen molar-refractivity contribution in [3.8, 4) is 0 Å². The number of sulfonamides is 1. The molecule has 1 aliphatic rings. The van der Waals surface area contributed by atoms with Gasteiger partial charge >= 0.3 is 5.97 Å². The Morgan fingerprint density at radius 1 is 1.36 bits per heavy atom. The van der Waals surface area contributed by atoms with E-state index in [4.69, 9.17) is 0 Å². The summed E-state index contributed by atoms with van der Waals surface area (Å²) >= 11 is 0. The van der Waals surface area contributed by atoms with Gasteiger partial charge in [0.25, 0.3) is 0 Å². The lowest BCUT2D eigenvalue weighted by Gasteiger charge is -2.13. The van der Waals surface area contributed by atoms with Gasteiger partial charge in [-0.05, 0) is 18.1 Å². The van der Waals surface area contributed by atoms with Crippen LogP contribution >= 0.6 is 0 Å². The number of ether oxygens (including phenoxy) is 1. The molecular formula is C13H17NO6S2. The van der Waals surface area contributed by atoms with E-state index in [1.165, 1.54) is 13.0 Å². The van der Waals surface area contributed by atoms with Crippen LogP contribution in [0.5, 0.6) is 0 Å². The van der Waals surface area contributed by atoms with Gasteiger partial charge in [0.05, 0.1) is 29.0 Å². The second kappa shape index (κ2) is 6.35. The molecule has 0 bridgehead atoms. The minimum Gasteiger partial charge on any atom is -0.466 e. The topological polar surface area (TPSA) is 107 Å². The maximum atomic E-state index is 12.0. The average molecular weight is 347 g/mol. The summed E-state index contributed by atoms with van der Waals surface area (Å²) in [6.07, 6.45) is 0.149. The third-order valence-electron chi connectivity index (χ3n) is 3.20. The van der Waals surface area contributed by atoms with E-state index in [1.807, 2.05) is 0 Å². The van der Waals surface area contributed by atoms with Gasteiger partial charge in [0.1, 0.15) is 0 Å². The first-order valence-electron chi connectivity index (χ1n) is 6.66. The summed E-state index contributed by atoms with van der Waals surface area (Å²) in [7, 11) is -7.12. The number of carbonyl (C=O) groups is 1. The first-order valence-corrected chi connectivity index (χ1v) is 9.97. The summed E-state index contributed by atoms with van der Waals surface area (Å²) in [5.41, 5.74) is 0.464. The van der Waals surface area contributed by atoms with Crippen LogP contribution in [0.4, 0.5) is 0 Å². The van der Waals surface area contributed by atoms with Crippen molar-refractivity contribution in [1.29, 1.82) is 0 Å².